The lowest BCUT2D eigenvalue weighted by atomic mass is 10.2. The van der Waals surface area contributed by atoms with Crippen LogP contribution in [-0.4, -0.2) is 29.6 Å². The Hall–Kier alpha value is -3.47. The van der Waals surface area contributed by atoms with Gasteiger partial charge in [0.25, 0.3) is 5.56 Å². The molecule has 4 aromatic rings. The van der Waals surface area contributed by atoms with E-state index in [1.54, 1.807) is 43.3 Å². The third-order valence-electron chi connectivity index (χ3n) is 5.15. The van der Waals surface area contributed by atoms with E-state index in [1.807, 2.05) is 31.2 Å². The van der Waals surface area contributed by atoms with Crippen LogP contribution in [0.3, 0.4) is 0 Å². The van der Waals surface area contributed by atoms with E-state index in [-0.39, 0.29) is 22.1 Å². The quantitative estimate of drug-likeness (QED) is 0.313. The van der Waals surface area contributed by atoms with Crippen LogP contribution in [-0.2, 0) is 14.8 Å². The van der Waals surface area contributed by atoms with E-state index < -0.39 is 10.0 Å². The molecule has 1 heterocycles. The fraction of sp³-hybridized carbons (Fsp3) is 0.125. The van der Waals surface area contributed by atoms with Crippen LogP contribution in [0.1, 0.15) is 11.1 Å². The van der Waals surface area contributed by atoms with Gasteiger partial charge in [0, 0.05) is 5.69 Å². The second kappa shape index (κ2) is 9.41. The summed E-state index contributed by atoms with van der Waals surface area (Å²) in [4.78, 5) is 30.5. The van der Waals surface area contributed by atoms with Crippen molar-refractivity contribution in [2.75, 3.05) is 11.1 Å². The summed E-state index contributed by atoms with van der Waals surface area (Å²) in [5.41, 5.74) is 2.80. The third kappa shape index (κ3) is 5.04. The number of amides is 1. The molecule has 0 fully saturated rings. The number of aryl methyl sites for hydroxylation is 2. The summed E-state index contributed by atoms with van der Waals surface area (Å²) in [6, 6.07) is 19.0. The van der Waals surface area contributed by atoms with Crippen molar-refractivity contribution in [1.82, 2.24) is 9.55 Å². The van der Waals surface area contributed by atoms with Crippen LogP contribution in [0, 0.1) is 13.8 Å². The Morgan fingerprint density at radius 3 is 2.47 bits per heavy atom. The van der Waals surface area contributed by atoms with E-state index in [4.69, 9.17) is 5.14 Å². The van der Waals surface area contributed by atoms with Gasteiger partial charge in [0.2, 0.25) is 15.9 Å². The van der Waals surface area contributed by atoms with E-state index >= 15 is 0 Å². The molecule has 1 aromatic heterocycles. The number of nitrogens with zero attached hydrogens (tertiary/aromatic N) is 2. The highest BCUT2D eigenvalue weighted by atomic mass is 32.2. The zero-order valence-electron chi connectivity index (χ0n) is 18.5. The Labute approximate surface area is 200 Å². The molecule has 0 bridgehead atoms. The van der Waals surface area contributed by atoms with Gasteiger partial charge in [-0.15, -0.1) is 0 Å². The van der Waals surface area contributed by atoms with Crippen molar-refractivity contribution < 1.29 is 13.2 Å². The Morgan fingerprint density at radius 1 is 1.06 bits per heavy atom. The van der Waals surface area contributed by atoms with Gasteiger partial charge < -0.3 is 5.32 Å². The molecule has 3 N–H and O–H groups in total. The number of nitrogens with two attached hydrogens (primary N) is 1. The third-order valence-corrected chi connectivity index (χ3v) is 7.14. The number of fused-ring (bicyclic) bond motifs is 1. The molecular formula is C24H22N4O4S2. The number of carbonyl (C=O) groups excluding carboxylic acids is 1. The topological polar surface area (TPSA) is 124 Å². The molecule has 174 valence electrons. The second-order valence-corrected chi connectivity index (χ2v) is 10.2. The van der Waals surface area contributed by atoms with Gasteiger partial charge in [-0.3, -0.25) is 14.2 Å². The molecular weight excluding hydrogens is 472 g/mol. The fourth-order valence-electron chi connectivity index (χ4n) is 3.44. The number of primary sulfonamides is 1. The molecule has 0 saturated heterocycles. The van der Waals surface area contributed by atoms with Crippen molar-refractivity contribution in [2.24, 2.45) is 5.14 Å². The van der Waals surface area contributed by atoms with Crippen molar-refractivity contribution in [2.45, 2.75) is 23.9 Å². The largest absolute Gasteiger partial charge is 0.325 e. The zero-order chi connectivity index (χ0) is 24.5. The van der Waals surface area contributed by atoms with Crippen LogP contribution in [0.5, 0.6) is 0 Å². The summed E-state index contributed by atoms with van der Waals surface area (Å²) >= 11 is 1.11. The summed E-state index contributed by atoms with van der Waals surface area (Å²) in [7, 11) is -3.92. The smallest absolute Gasteiger partial charge is 0.266 e. The summed E-state index contributed by atoms with van der Waals surface area (Å²) in [5.74, 6) is -0.429. The number of sulfonamides is 1. The molecule has 0 aliphatic carbocycles. The van der Waals surface area contributed by atoms with Gasteiger partial charge in [-0.25, -0.2) is 18.5 Å². The summed E-state index contributed by atoms with van der Waals surface area (Å²) in [6.45, 7) is 3.58. The predicted octanol–water partition coefficient (Wildman–Crippen LogP) is 3.38. The average molecular weight is 495 g/mol. The van der Waals surface area contributed by atoms with Gasteiger partial charge in [-0.2, -0.15) is 0 Å². The number of carbonyl (C=O) groups is 1. The van der Waals surface area contributed by atoms with Gasteiger partial charge in [-0.05, 0) is 55.8 Å². The highest BCUT2D eigenvalue weighted by Crippen LogP contribution is 2.23. The molecule has 0 saturated carbocycles. The molecule has 0 radical (unpaired) electrons. The number of thioether (sulfide) groups is 1. The first-order chi connectivity index (χ1) is 16.1. The van der Waals surface area contributed by atoms with Crippen molar-refractivity contribution in [3.63, 3.8) is 0 Å². The van der Waals surface area contributed by atoms with Gasteiger partial charge in [-0.1, -0.05) is 47.7 Å². The lowest BCUT2D eigenvalue weighted by Crippen LogP contribution is -2.23. The van der Waals surface area contributed by atoms with E-state index in [0.29, 0.717) is 33.0 Å². The van der Waals surface area contributed by atoms with Crippen LogP contribution in [0.2, 0.25) is 0 Å². The minimum atomic E-state index is -3.92. The molecule has 0 spiro atoms. The Bertz CT molecular complexity index is 1560. The lowest BCUT2D eigenvalue weighted by Gasteiger charge is -2.14. The molecule has 3 aromatic carbocycles. The average Bonchev–Trinajstić information content (AvgIpc) is 2.79. The first-order valence-electron chi connectivity index (χ1n) is 10.3. The van der Waals surface area contributed by atoms with Crippen LogP contribution < -0.4 is 16.0 Å². The predicted molar refractivity (Wildman–Crippen MR) is 134 cm³/mol. The molecule has 4 rings (SSSR count). The summed E-state index contributed by atoms with van der Waals surface area (Å²) in [5, 5.41) is 8.77. The first kappa shape index (κ1) is 23.7. The molecule has 0 atom stereocenters. The highest BCUT2D eigenvalue weighted by Gasteiger charge is 2.16. The molecule has 0 aliphatic heterocycles. The fourth-order valence-corrected chi connectivity index (χ4v) is 5.06. The van der Waals surface area contributed by atoms with E-state index in [1.165, 1.54) is 10.6 Å². The van der Waals surface area contributed by atoms with Crippen LogP contribution in [0.25, 0.3) is 16.6 Å². The molecule has 1 amide bonds. The Balaban J connectivity index is 1.63. The van der Waals surface area contributed by atoms with E-state index in [9.17, 15) is 18.0 Å². The van der Waals surface area contributed by atoms with Gasteiger partial charge in [0.05, 0.1) is 27.2 Å². The monoisotopic (exact) mass is 494 g/mol. The maximum atomic E-state index is 13.3. The molecule has 34 heavy (non-hydrogen) atoms. The molecule has 10 heteroatoms. The van der Waals surface area contributed by atoms with E-state index in [2.05, 4.69) is 10.3 Å². The minimum Gasteiger partial charge on any atom is -0.325 e. The van der Waals surface area contributed by atoms with Gasteiger partial charge in [0.1, 0.15) is 0 Å². The first-order valence-corrected chi connectivity index (χ1v) is 12.8. The highest BCUT2D eigenvalue weighted by molar-refractivity contribution is 7.99. The van der Waals surface area contributed by atoms with Crippen molar-refractivity contribution in [3.8, 4) is 5.69 Å². The lowest BCUT2D eigenvalue weighted by molar-refractivity contribution is -0.113. The number of anilines is 1. The van der Waals surface area contributed by atoms with Gasteiger partial charge in [0.15, 0.2) is 5.16 Å². The van der Waals surface area contributed by atoms with Gasteiger partial charge >= 0.3 is 0 Å². The number of rotatable bonds is 6. The number of para-hydroxylation sites is 1. The Morgan fingerprint density at radius 2 is 1.76 bits per heavy atom. The standard InChI is InChI=1S/C24H22N4O4S2/c1-15-7-11-18(12-8-15)28-23(30)19-5-3-4-6-20(19)27-24(28)33-14-22(29)26-17-10-9-16(2)21(13-17)34(25,31)32/h3-13H,14H2,1-2H3,(H,26,29)(H2,25,31,32). The number of aromatic nitrogens is 2. The zero-order valence-corrected chi connectivity index (χ0v) is 20.1. The Kier molecular flexibility index (Phi) is 6.56. The second-order valence-electron chi connectivity index (χ2n) is 7.75. The minimum absolute atomic E-state index is 0.0464. The molecule has 0 aliphatic rings. The number of hydrogen-bond acceptors (Lipinski definition) is 6. The SMILES string of the molecule is Cc1ccc(-n2c(SCC(=O)Nc3ccc(C)c(S(N)(=O)=O)c3)nc3ccccc3c2=O)cc1. The van der Waals surface area contributed by atoms with Crippen LogP contribution in [0.4, 0.5) is 5.69 Å². The maximum Gasteiger partial charge on any atom is 0.266 e. The number of benzene rings is 3. The van der Waals surface area contributed by atoms with Crippen LogP contribution >= 0.6 is 11.8 Å². The summed E-state index contributed by atoms with van der Waals surface area (Å²) in [6.07, 6.45) is 0. The molecule has 8 nitrogen and oxygen atoms in total. The van der Waals surface area contributed by atoms with E-state index in [0.717, 1.165) is 17.3 Å². The molecule has 0 unspecified atom stereocenters. The van der Waals surface area contributed by atoms with Crippen molar-refractivity contribution >= 4 is 44.3 Å². The van der Waals surface area contributed by atoms with Crippen molar-refractivity contribution in [3.05, 3.63) is 88.2 Å². The maximum absolute atomic E-state index is 13.3. The number of hydrogen-bond donors (Lipinski definition) is 2. The normalized spacial score (nSPS) is 11.5. The summed E-state index contributed by atoms with van der Waals surface area (Å²) < 4.78 is 25.0. The van der Waals surface area contributed by atoms with Crippen molar-refractivity contribution in [1.29, 1.82) is 0 Å². The van der Waals surface area contributed by atoms with Crippen LogP contribution in [0.15, 0.2) is 81.6 Å². The number of nitrogens with one attached hydrogen (secondary N) is 1.